The molecule has 0 fully saturated rings. The molecule has 0 spiro atoms. The van der Waals surface area contributed by atoms with Gasteiger partial charge in [0.25, 0.3) is 6.33 Å². The van der Waals surface area contributed by atoms with Crippen molar-refractivity contribution in [2.24, 2.45) is 0 Å². The highest BCUT2D eigenvalue weighted by Gasteiger charge is 2.23. The Kier molecular flexibility index (Phi) is 8.35. The Hall–Kier alpha value is -9.85. The Labute approximate surface area is 454 Å². The Morgan fingerprint density at radius 3 is 1.87 bits per heavy atom. The van der Waals surface area contributed by atoms with Crippen molar-refractivity contribution in [3.8, 4) is 67.8 Å². The summed E-state index contributed by atoms with van der Waals surface area (Å²) >= 11 is 0. The van der Waals surface area contributed by atoms with E-state index in [0.29, 0.717) is 28.2 Å². The molecule has 76 heavy (non-hydrogen) atoms. The fourth-order valence-electron chi connectivity index (χ4n) is 10.6. The van der Waals surface area contributed by atoms with Crippen LogP contribution in [-0.4, -0.2) is 23.7 Å². The number of nitrogens with zero attached hydrogens (tertiary/aromatic N) is 6. The molecule has 0 saturated heterocycles. The summed E-state index contributed by atoms with van der Waals surface area (Å²) < 4.78 is 104. The highest BCUT2D eigenvalue weighted by molar-refractivity contribution is 6.12. The predicted molar refractivity (Wildman–Crippen MR) is 309 cm³/mol. The van der Waals surface area contributed by atoms with E-state index < -0.39 is 60.4 Å². The van der Waals surface area contributed by atoms with Crippen LogP contribution >= 0.6 is 0 Å². The van der Waals surface area contributed by atoms with Gasteiger partial charge in [-0.2, -0.15) is 0 Å². The fraction of sp³-hybridized carbons (Fsp3) is 0.0580. The van der Waals surface area contributed by atoms with E-state index in [4.69, 9.17) is 17.9 Å². The molecule has 7 nitrogen and oxygen atoms in total. The van der Waals surface area contributed by atoms with Gasteiger partial charge < -0.3 is 9.30 Å². The number of pyridine rings is 2. The van der Waals surface area contributed by atoms with Crippen LogP contribution in [0.4, 0.5) is 0 Å². The summed E-state index contributed by atoms with van der Waals surface area (Å²) in [5.41, 5.74) is 9.44. The second-order valence-electron chi connectivity index (χ2n) is 19.8. The van der Waals surface area contributed by atoms with Gasteiger partial charge in [0.05, 0.1) is 58.2 Å². The minimum absolute atomic E-state index is 0.131. The lowest BCUT2D eigenvalue weighted by atomic mass is 9.88. The molecule has 362 valence electrons. The monoisotopic (exact) mass is 988 g/mol. The van der Waals surface area contributed by atoms with Crippen molar-refractivity contribution < 1.29 is 23.0 Å². The number of hydrogen-bond donors (Lipinski definition) is 0. The van der Waals surface area contributed by atoms with Crippen LogP contribution in [0.2, 0.25) is 0 Å². The molecule has 5 aromatic heterocycles. The molecule has 0 aliphatic rings. The third-order valence-corrected chi connectivity index (χ3v) is 14.2. The predicted octanol–water partition coefficient (Wildman–Crippen LogP) is 16.8. The quantitative estimate of drug-likeness (QED) is 0.107. The van der Waals surface area contributed by atoms with Crippen molar-refractivity contribution in [3.63, 3.8) is 0 Å². The van der Waals surface area contributed by atoms with E-state index in [1.807, 2.05) is 77.5 Å². The fourth-order valence-corrected chi connectivity index (χ4v) is 10.6. The van der Waals surface area contributed by atoms with Gasteiger partial charge in [-0.3, -0.25) is 18.7 Å². The third-order valence-electron chi connectivity index (χ3n) is 14.2. The molecule has 0 bridgehead atoms. The standard InChI is InChI=1S/C69H50N6O/c1-69(2,3)50-36-38-71-67(40-50)75-63-35-31-52(74-61-28-12-10-24-57(61)58-25-11-13-29-62(58)74)42-60(63)59-33-32-54(43-65(59)75)76-53-23-14-22-51(41-53)72-45-73(66-39-48(30-34-64(66)72)49-21-16-37-70-44-49)68-55(46-17-6-4-7-18-46)26-15-27-56(68)47-19-8-5-9-20-47/h4-44H,1-3H3/i4D,5D,6D,7D,8D,9D,17D,18D,19D,20D. The first kappa shape index (κ1) is 35.3. The van der Waals surface area contributed by atoms with Crippen LogP contribution in [0.25, 0.3) is 111 Å². The van der Waals surface area contributed by atoms with E-state index in [0.717, 1.165) is 61.0 Å². The number of aromatic nitrogens is 6. The number of hydrogen-bond acceptors (Lipinski definition) is 3. The Morgan fingerprint density at radius 1 is 0.487 bits per heavy atom. The van der Waals surface area contributed by atoms with E-state index >= 15 is 0 Å². The highest BCUT2D eigenvalue weighted by atomic mass is 16.5. The zero-order valence-corrected chi connectivity index (χ0v) is 41.5. The number of para-hydroxylation sites is 3. The number of rotatable bonds is 9. The van der Waals surface area contributed by atoms with Crippen LogP contribution in [0.3, 0.4) is 0 Å². The zero-order chi connectivity index (χ0) is 59.6. The second kappa shape index (κ2) is 18.0. The number of imidazole rings is 1. The summed E-state index contributed by atoms with van der Waals surface area (Å²) in [6, 6.07) is 50.3. The molecular formula is C69H50N6O. The van der Waals surface area contributed by atoms with E-state index in [1.165, 1.54) is 10.8 Å². The number of fused-ring (bicyclic) bond motifs is 7. The average Bonchev–Trinajstić information content (AvgIpc) is 1.76. The van der Waals surface area contributed by atoms with Crippen LogP contribution in [0.1, 0.15) is 40.0 Å². The van der Waals surface area contributed by atoms with Crippen molar-refractivity contribution in [1.29, 1.82) is 0 Å². The van der Waals surface area contributed by atoms with Crippen molar-refractivity contribution in [2.75, 3.05) is 0 Å². The lowest BCUT2D eigenvalue weighted by Crippen LogP contribution is -2.31. The molecule has 0 unspecified atom stereocenters. The molecular weight excluding hydrogens is 929 g/mol. The third kappa shape index (κ3) is 7.63. The largest absolute Gasteiger partial charge is 0.458 e. The van der Waals surface area contributed by atoms with Gasteiger partial charge in [-0.25, -0.2) is 4.98 Å². The number of benzene rings is 9. The summed E-state index contributed by atoms with van der Waals surface area (Å²) in [6.07, 6.45) is 8.80. The maximum Gasteiger partial charge on any atom is 0.269 e. The normalized spacial score (nSPS) is 13.7. The van der Waals surface area contributed by atoms with Crippen LogP contribution in [-0.2, 0) is 5.41 Å². The summed E-state index contributed by atoms with van der Waals surface area (Å²) in [4.78, 5) is 9.36. The molecule has 0 aliphatic carbocycles. The molecule has 7 heteroatoms. The van der Waals surface area contributed by atoms with Gasteiger partial charge in [-0.05, 0) is 129 Å². The summed E-state index contributed by atoms with van der Waals surface area (Å²) in [5.74, 6) is 1.81. The molecule has 0 amide bonds. The average molecular weight is 989 g/mol. The van der Waals surface area contributed by atoms with E-state index in [9.17, 15) is 5.48 Å². The van der Waals surface area contributed by atoms with Gasteiger partial charge in [-0.15, -0.1) is 0 Å². The Balaban J connectivity index is 0.955. The maximum absolute atomic E-state index is 9.21. The van der Waals surface area contributed by atoms with Crippen molar-refractivity contribution in [1.82, 2.24) is 23.7 Å². The Bertz CT molecular complexity index is 4960. The van der Waals surface area contributed by atoms with Crippen LogP contribution in [0, 0.1) is 6.33 Å². The van der Waals surface area contributed by atoms with Crippen LogP contribution in [0.15, 0.2) is 249 Å². The lowest BCUT2D eigenvalue weighted by Gasteiger charge is -2.20. The first-order valence-electron chi connectivity index (χ1n) is 30.0. The van der Waals surface area contributed by atoms with Crippen LogP contribution in [0.5, 0.6) is 11.5 Å². The van der Waals surface area contributed by atoms with Gasteiger partial charge in [-0.1, -0.05) is 160 Å². The molecule has 9 aromatic carbocycles. The maximum atomic E-state index is 9.21. The van der Waals surface area contributed by atoms with Gasteiger partial charge in [0, 0.05) is 51.9 Å². The molecule has 14 rings (SSSR count). The van der Waals surface area contributed by atoms with Crippen molar-refractivity contribution in [3.05, 3.63) is 261 Å². The molecule has 0 atom stereocenters. The molecule has 0 saturated carbocycles. The van der Waals surface area contributed by atoms with Crippen LogP contribution < -0.4 is 9.30 Å². The van der Waals surface area contributed by atoms with Crippen molar-refractivity contribution >= 4 is 54.6 Å². The van der Waals surface area contributed by atoms with E-state index in [1.54, 1.807) is 35.2 Å². The minimum Gasteiger partial charge on any atom is -0.458 e. The molecule has 5 heterocycles. The van der Waals surface area contributed by atoms with Gasteiger partial charge in [0.2, 0.25) is 0 Å². The molecule has 14 aromatic rings. The van der Waals surface area contributed by atoms with E-state index in [2.05, 4.69) is 126 Å². The topological polar surface area (TPSA) is 53.7 Å². The molecule has 0 aliphatic heterocycles. The molecule has 0 N–H and O–H groups in total. The van der Waals surface area contributed by atoms with Gasteiger partial charge in [0.1, 0.15) is 17.3 Å². The van der Waals surface area contributed by atoms with Gasteiger partial charge >= 0.3 is 0 Å². The van der Waals surface area contributed by atoms with E-state index in [-0.39, 0.29) is 33.4 Å². The number of ether oxygens (including phenoxy) is 1. The zero-order valence-electron chi connectivity index (χ0n) is 51.5. The summed E-state index contributed by atoms with van der Waals surface area (Å²) in [6.45, 7) is 6.57. The summed E-state index contributed by atoms with van der Waals surface area (Å²) in [5, 5.41) is 4.39. The SMILES string of the molecule is [2H]c1c([2H])c([2H])c(-c2cccc(-c3c([2H])c([2H])c([2H])c([2H])c3[2H])c2-[n+]2[c-]n(-c3cccc(Oc4ccc5c6cc(-n7c8ccccc8c8ccccc87)ccc6n(-c6cc(C(C)(C)C)ccn6)c5c4)c3)c3ccc(-c4cccnc4)cc32)c([2H])c1[2H]. The first-order chi connectivity index (χ1) is 41.5. The highest BCUT2D eigenvalue weighted by Crippen LogP contribution is 2.40. The first-order valence-corrected chi connectivity index (χ1v) is 25.0. The smallest absolute Gasteiger partial charge is 0.269 e. The minimum atomic E-state index is -0.582. The summed E-state index contributed by atoms with van der Waals surface area (Å²) in [7, 11) is 0. The second-order valence-corrected chi connectivity index (χ2v) is 19.8. The molecule has 0 radical (unpaired) electrons. The van der Waals surface area contributed by atoms with Gasteiger partial charge in [0.15, 0.2) is 0 Å². The van der Waals surface area contributed by atoms with Crippen molar-refractivity contribution in [2.45, 2.75) is 26.2 Å². The Morgan fingerprint density at radius 2 is 1.16 bits per heavy atom. The lowest BCUT2D eigenvalue weighted by molar-refractivity contribution is -0.571.